The van der Waals surface area contributed by atoms with Crippen molar-refractivity contribution in [1.82, 2.24) is 24.4 Å². The van der Waals surface area contributed by atoms with Crippen LogP contribution in [0.5, 0.6) is 11.5 Å². The van der Waals surface area contributed by atoms with Crippen molar-refractivity contribution in [2.75, 3.05) is 13.2 Å². The molecular formula is C34H32ClN5O3S. The molecule has 6 aromatic rings. The van der Waals surface area contributed by atoms with Crippen molar-refractivity contribution in [2.24, 2.45) is 0 Å². The lowest BCUT2D eigenvalue weighted by atomic mass is 10.1. The third kappa shape index (κ3) is 6.39. The van der Waals surface area contributed by atoms with E-state index in [1.807, 2.05) is 92.0 Å². The highest BCUT2D eigenvalue weighted by atomic mass is 35.5. The number of nitrogens with zero attached hydrogens (tertiary/aromatic N) is 5. The fraction of sp³-hybridized carbons (Fsp3) is 0.235. The molecule has 3 heterocycles. The van der Waals surface area contributed by atoms with Crippen LogP contribution in [0.25, 0.3) is 39.4 Å². The van der Waals surface area contributed by atoms with Gasteiger partial charge in [0.15, 0.2) is 5.82 Å². The normalized spacial score (nSPS) is 11.8. The first-order valence-electron chi connectivity index (χ1n) is 14.8. The molecule has 0 saturated carbocycles. The third-order valence-corrected chi connectivity index (χ3v) is 8.28. The van der Waals surface area contributed by atoms with E-state index in [-0.39, 0.29) is 5.56 Å². The zero-order valence-corrected chi connectivity index (χ0v) is 26.1. The van der Waals surface area contributed by atoms with E-state index in [4.69, 9.17) is 26.2 Å². The lowest BCUT2D eigenvalue weighted by Crippen LogP contribution is -2.23. The highest BCUT2D eigenvalue weighted by Crippen LogP contribution is 2.32. The molecule has 0 spiro atoms. The van der Waals surface area contributed by atoms with Crippen LogP contribution in [0.3, 0.4) is 0 Å². The van der Waals surface area contributed by atoms with Gasteiger partial charge in [-0.1, -0.05) is 67.8 Å². The van der Waals surface area contributed by atoms with Crippen LogP contribution in [-0.2, 0) is 0 Å². The van der Waals surface area contributed by atoms with Gasteiger partial charge in [0.1, 0.15) is 17.2 Å². The van der Waals surface area contributed by atoms with Crippen molar-refractivity contribution in [3.8, 4) is 39.8 Å². The fourth-order valence-electron chi connectivity index (χ4n) is 4.75. The summed E-state index contributed by atoms with van der Waals surface area (Å²) in [5.41, 5.74) is 3.75. The summed E-state index contributed by atoms with van der Waals surface area (Å²) in [5, 5.41) is 9.91. The second kappa shape index (κ2) is 13.4. The molecule has 6 rings (SSSR count). The lowest BCUT2D eigenvalue weighted by Gasteiger charge is -2.08. The van der Waals surface area contributed by atoms with Crippen molar-refractivity contribution < 1.29 is 9.47 Å². The molecule has 224 valence electrons. The average molecular weight is 626 g/mol. The van der Waals surface area contributed by atoms with E-state index in [1.165, 1.54) is 15.9 Å². The molecule has 3 aromatic carbocycles. The van der Waals surface area contributed by atoms with E-state index in [0.29, 0.717) is 45.0 Å². The minimum atomic E-state index is -0.237. The summed E-state index contributed by atoms with van der Waals surface area (Å²) < 4.78 is 15.2. The Morgan fingerprint density at radius 2 is 1.68 bits per heavy atom. The standard InChI is InChI=1S/C34H32ClN5O3S/c1-3-5-9-19-42-27-15-12-23(13-16-27)32-36-34-40(38-32)33(41)30(44-34)21-25-22-39(26-10-7-6-8-11-26)37-31(25)24-14-17-29(28(35)20-24)43-18-4-2/h6-8,10-17,20-22H,3-5,9,18-19H2,1-2H3. The number of thiazole rings is 1. The molecule has 8 nitrogen and oxygen atoms in total. The molecule has 0 amide bonds. The molecule has 0 N–H and O–H groups in total. The number of rotatable bonds is 12. The molecule has 0 fully saturated rings. The van der Waals surface area contributed by atoms with Gasteiger partial charge in [-0.2, -0.15) is 14.6 Å². The Bertz CT molecular complexity index is 1980. The maximum Gasteiger partial charge on any atom is 0.291 e. The van der Waals surface area contributed by atoms with Crippen LogP contribution < -0.4 is 19.6 Å². The second-order valence-corrected chi connectivity index (χ2v) is 11.7. The summed E-state index contributed by atoms with van der Waals surface area (Å²) in [6, 6.07) is 23.1. The monoisotopic (exact) mass is 625 g/mol. The molecule has 0 radical (unpaired) electrons. The number of fused-ring (bicyclic) bond motifs is 1. The Hall–Kier alpha value is -4.47. The van der Waals surface area contributed by atoms with Crippen LogP contribution in [-0.4, -0.2) is 37.6 Å². The number of hydrogen-bond acceptors (Lipinski definition) is 7. The molecule has 3 aromatic heterocycles. The van der Waals surface area contributed by atoms with E-state index in [0.717, 1.165) is 53.8 Å². The highest BCUT2D eigenvalue weighted by Gasteiger charge is 2.16. The van der Waals surface area contributed by atoms with Crippen LogP contribution >= 0.6 is 22.9 Å². The molecule has 0 atom stereocenters. The molecule has 44 heavy (non-hydrogen) atoms. The zero-order valence-electron chi connectivity index (χ0n) is 24.6. The van der Waals surface area contributed by atoms with Crippen molar-refractivity contribution in [2.45, 2.75) is 39.5 Å². The van der Waals surface area contributed by atoms with Crippen molar-refractivity contribution in [1.29, 1.82) is 0 Å². The first kappa shape index (κ1) is 29.6. The lowest BCUT2D eigenvalue weighted by molar-refractivity contribution is 0.306. The number of halogens is 1. The second-order valence-electron chi connectivity index (χ2n) is 10.3. The Kier molecular flexibility index (Phi) is 9.04. The van der Waals surface area contributed by atoms with Gasteiger partial charge in [-0.05, 0) is 73.5 Å². The molecule has 0 saturated heterocycles. The predicted octanol–water partition coefficient (Wildman–Crippen LogP) is 7.23. The Morgan fingerprint density at radius 1 is 0.886 bits per heavy atom. The highest BCUT2D eigenvalue weighted by molar-refractivity contribution is 7.15. The molecule has 0 unspecified atom stereocenters. The van der Waals surface area contributed by atoms with E-state index in [2.05, 4.69) is 17.0 Å². The quantitative estimate of drug-likeness (QED) is 0.133. The Balaban J connectivity index is 1.34. The SMILES string of the molecule is CCCCCOc1ccc(-c2nc3sc(=Cc4cn(-c5ccccc5)nc4-c4ccc(OCCC)c(Cl)c4)c(=O)n3n2)cc1. The van der Waals surface area contributed by atoms with E-state index in [9.17, 15) is 4.79 Å². The van der Waals surface area contributed by atoms with Crippen LogP contribution in [0.4, 0.5) is 0 Å². The van der Waals surface area contributed by atoms with Gasteiger partial charge in [-0.15, -0.1) is 5.10 Å². The third-order valence-electron chi connectivity index (χ3n) is 7.03. The summed E-state index contributed by atoms with van der Waals surface area (Å²) in [5.74, 6) is 1.93. The van der Waals surface area contributed by atoms with Gasteiger partial charge < -0.3 is 9.47 Å². The van der Waals surface area contributed by atoms with E-state index < -0.39 is 0 Å². The fourth-order valence-corrected chi connectivity index (χ4v) is 5.88. The summed E-state index contributed by atoms with van der Waals surface area (Å²) in [4.78, 5) is 18.7. The van der Waals surface area contributed by atoms with Gasteiger partial charge in [-0.25, -0.2) is 4.68 Å². The van der Waals surface area contributed by atoms with Gasteiger partial charge in [0.25, 0.3) is 5.56 Å². The van der Waals surface area contributed by atoms with Crippen LogP contribution in [0, 0.1) is 0 Å². The predicted molar refractivity (Wildman–Crippen MR) is 176 cm³/mol. The summed E-state index contributed by atoms with van der Waals surface area (Å²) in [6.07, 6.45) is 7.97. The summed E-state index contributed by atoms with van der Waals surface area (Å²) >= 11 is 7.87. The van der Waals surface area contributed by atoms with Gasteiger partial charge >= 0.3 is 0 Å². The van der Waals surface area contributed by atoms with Crippen LogP contribution in [0.2, 0.25) is 5.02 Å². The van der Waals surface area contributed by atoms with Gasteiger partial charge in [0.05, 0.1) is 28.5 Å². The van der Waals surface area contributed by atoms with Crippen molar-refractivity contribution >= 4 is 34.0 Å². The van der Waals surface area contributed by atoms with E-state index in [1.54, 1.807) is 4.68 Å². The smallest absolute Gasteiger partial charge is 0.291 e. The largest absolute Gasteiger partial charge is 0.494 e. The topological polar surface area (TPSA) is 83.5 Å². The first-order valence-corrected chi connectivity index (χ1v) is 16.0. The molecule has 10 heteroatoms. The maximum atomic E-state index is 13.5. The van der Waals surface area contributed by atoms with Crippen LogP contribution in [0.15, 0.2) is 83.8 Å². The van der Waals surface area contributed by atoms with Gasteiger partial charge in [0.2, 0.25) is 4.96 Å². The molecule has 0 bridgehead atoms. The van der Waals surface area contributed by atoms with Crippen molar-refractivity contribution in [3.63, 3.8) is 0 Å². The van der Waals surface area contributed by atoms with Crippen molar-refractivity contribution in [3.05, 3.63) is 104 Å². The number of aromatic nitrogens is 5. The summed E-state index contributed by atoms with van der Waals surface area (Å²) in [7, 11) is 0. The average Bonchev–Trinajstić information content (AvgIpc) is 3.74. The minimum absolute atomic E-state index is 0.237. The summed E-state index contributed by atoms with van der Waals surface area (Å²) in [6.45, 7) is 5.50. The molecule has 0 aliphatic heterocycles. The van der Waals surface area contributed by atoms with Crippen LogP contribution in [0.1, 0.15) is 45.1 Å². The minimum Gasteiger partial charge on any atom is -0.494 e. The number of benzene rings is 3. The Morgan fingerprint density at radius 3 is 2.41 bits per heavy atom. The Labute approximate surface area is 264 Å². The number of hydrogen-bond donors (Lipinski definition) is 0. The molecular weight excluding hydrogens is 594 g/mol. The molecule has 0 aliphatic carbocycles. The maximum absolute atomic E-state index is 13.5. The molecule has 0 aliphatic rings. The van der Waals surface area contributed by atoms with E-state index >= 15 is 0 Å². The van der Waals surface area contributed by atoms with Gasteiger partial charge in [0, 0.05) is 22.9 Å². The first-order chi connectivity index (χ1) is 21.5. The zero-order chi connectivity index (χ0) is 30.5. The number of para-hydroxylation sites is 1. The number of unbranched alkanes of at least 4 members (excludes halogenated alkanes) is 2. The van der Waals surface area contributed by atoms with Gasteiger partial charge in [-0.3, -0.25) is 4.79 Å². The number of ether oxygens (including phenoxy) is 2.